The van der Waals surface area contributed by atoms with Crippen molar-refractivity contribution in [3.05, 3.63) is 64.9 Å². The minimum Gasteiger partial charge on any atom is -0.419 e. The summed E-state index contributed by atoms with van der Waals surface area (Å²) in [7, 11) is 1.82. The second kappa shape index (κ2) is 8.55. The Balaban J connectivity index is 1.38. The van der Waals surface area contributed by atoms with E-state index in [4.69, 9.17) is 4.42 Å². The maximum absolute atomic E-state index is 12.5. The van der Waals surface area contributed by atoms with E-state index in [1.165, 1.54) is 0 Å². The second-order valence-electron chi connectivity index (χ2n) is 7.53. The third-order valence-electron chi connectivity index (χ3n) is 5.07. The molecule has 9 heteroatoms. The number of amides is 1. The largest absolute Gasteiger partial charge is 0.419 e. The Hall–Kier alpha value is -3.75. The molecule has 4 aromatic rings. The van der Waals surface area contributed by atoms with Crippen LogP contribution in [0.1, 0.15) is 35.0 Å². The number of anilines is 1. The molecule has 3 aromatic heterocycles. The molecule has 0 radical (unpaired) electrons. The number of hydrogen-bond donors (Lipinski definition) is 1. The van der Waals surface area contributed by atoms with Crippen LogP contribution in [0, 0.1) is 20.8 Å². The van der Waals surface area contributed by atoms with E-state index in [1.807, 2.05) is 56.8 Å². The summed E-state index contributed by atoms with van der Waals surface area (Å²) in [5.74, 6) is 0.686. The molecule has 0 saturated heterocycles. The van der Waals surface area contributed by atoms with Gasteiger partial charge in [-0.2, -0.15) is 10.2 Å². The zero-order valence-corrected chi connectivity index (χ0v) is 18.1. The Bertz CT molecular complexity index is 1200. The van der Waals surface area contributed by atoms with Crippen molar-refractivity contribution in [2.45, 2.75) is 40.2 Å². The molecule has 0 bridgehead atoms. The van der Waals surface area contributed by atoms with Gasteiger partial charge in [-0.1, -0.05) is 30.3 Å². The van der Waals surface area contributed by atoms with Crippen molar-refractivity contribution in [1.82, 2.24) is 29.8 Å². The maximum Gasteiger partial charge on any atom is 0.265 e. The Labute approximate surface area is 180 Å². The summed E-state index contributed by atoms with van der Waals surface area (Å²) in [5, 5.41) is 20.0. The van der Waals surface area contributed by atoms with E-state index in [0.717, 1.165) is 34.0 Å². The molecule has 1 aromatic carbocycles. The molecular formula is C22H25N7O2. The molecular weight excluding hydrogens is 394 g/mol. The molecule has 0 saturated carbocycles. The van der Waals surface area contributed by atoms with Gasteiger partial charge in [0.2, 0.25) is 11.8 Å². The monoisotopic (exact) mass is 419 g/mol. The van der Waals surface area contributed by atoms with Crippen molar-refractivity contribution in [3.63, 3.8) is 0 Å². The second-order valence-corrected chi connectivity index (χ2v) is 7.53. The Kier molecular flexibility index (Phi) is 5.66. The third-order valence-corrected chi connectivity index (χ3v) is 5.07. The molecule has 0 atom stereocenters. The average Bonchev–Trinajstić information content (AvgIpc) is 3.41. The molecule has 0 fully saturated rings. The first-order valence-corrected chi connectivity index (χ1v) is 10.1. The molecule has 9 nitrogen and oxygen atoms in total. The number of carbonyl (C=O) groups excluding carboxylic acids is 1. The van der Waals surface area contributed by atoms with Gasteiger partial charge >= 0.3 is 0 Å². The molecule has 1 N–H and O–H groups in total. The van der Waals surface area contributed by atoms with Gasteiger partial charge in [0.25, 0.3) is 5.89 Å². The van der Waals surface area contributed by atoms with E-state index < -0.39 is 0 Å². The highest BCUT2D eigenvalue weighted by atomic mass is 16.4. The van der Waals surface area contributed by atoms with Gasteiger partial charge in [-0.3, -0.25) is 14.2 Å². The van der Waals surface area contributed by atoms with E-state index in [1.54, 1.807) is 4.68 Å². The van der Waals surface area contributed by atoms with Crippen molar-refractivity contribution < 1.29 is 9.21 Å². The van der Waals surface area contributed by atoms with E-state index in [0.29, 0.717) is 24.7 Å². The van der Waals surface area contributed by atoms with Crippen LogP contribution in [0.15, 0.2) is 40.8 Å². The molecule has 3 heterocycles. The van der Waals surface area contributed by atoms with Gasteiger partial charge < -0.3 is 9.73 Å². The Morgan fingerprint density at radius 2 is 1.87 bits per heavy atom. The van der Waals surface area contributed by atoms with Crippen LogP contribution in [-0.2, 0) is 24.8 Å². The maximum atomic E-state index is 12.5. The van der Waals surface area contributed by atoms with E-state index in [2.05, 4.69) is 37.8 Å². The summed E-state index contributed by atoms with van der Waals surface area (Å²) < 4.78 is 9.30. The Morgan fingerprint density at radius 3 is 2.58 bits per heavy atom. The number of hydrogen-bond acceptors (Lipinski definition) is 6. The lowest BCUT2D eigenvalue weighted by molar-refractivity contribution is -0.116. The van der Waals surface area contributed by atoms with Crippen LogP contribution in [-0.4, -0.2) is 35.7 Å². The normalized spacial score (nSPS) is 11.1. The van der Waals surface area contributed by atoms with Gasteiger partial charge in [-0.05, 0) is 32.4 Å². The number of carbonyl (C=O) groups is 1. The number of benzene rings is 1. The van der Waals surface area contributed by atoms with Crippen LogP contribution >= 0.6 is 0 Å². The van der Waals surface area contributed by atoms with Gasteiger partial charge in [0, 0.05) is 19.9 Å². The summed E-state index contributed by atoms with van der Waals surface area (Å²) in [6.45, 7) is 6.40. The highest BCUT2D eigenvalue weighted by molar-refractivity contribution is 5.92. The summed E-state index contributed by atoms with van der Waals surface area (Å²) >= 11 is 0. The lowest BCUT2D eigenvalue weighted by Crippen LogP contribution is -2.14. The number of aromatic nitrogens is 6. The summed E-state index contributed by atoms with van der Waals surface area (Å²) in [6, 6.07) is 12.0. The zero-order valence-electron chi connectivity index (χ0n) is 18.1. The fraction of sp³-hybridized carbons (Fsp3) is 0.318. The molecule has 4 rings (SSSR count). The van der Waals surface area contributed by atoms with Crippen molar-refractivity contribution in [3.8, 4) is 11.6 Å². The number of nitrogens with one attached hydrogen (secondary N) is 1. The molecule has 1 amide bonds. The summed E-state index contributed by atoms with van der Waals surface area (Å²) in [4.78, 5) is 12.5. The quantitative estimate of drug-likeness (QED) is 0.493. The van der Waals surface area contributed by atoms with Gasteiger partial charge in [-0.25, -0.2) is 0 Å². The molecule has 160 valence electrons. The predicted octanol–water partition coefficient (Wildman–Crippen LogP) is 3.21. The van der Waals surface area contributed by atoms with Crippen molar-refractivity contribution in [2.24, 2.45) is 7.05 Å². The van der Waals surface area contributed by atoms with Crippen LogP contribution in [0.2, 0.25) is 0 Å². The first-order valence-electron chi connectivity index (χ1n) is 10.1. The van der Waals surface area contributed by atoms with Crippen LogP contribution in [0.4, 0.5) is 5.69 Å². The lowest BCUT2D eigenvalue weighted by atomic mass is 10.2. The SMILES string of the molecule is Cc1cc(-c2nnc(CCC(=O)Nc3c(C)nn(Cc4ccccc4)c3C)o2)n(C)n1. The third kappa shape index (κ3) is 4.55. The summed E-state index contributed by atoms with van der Waals surface area (Å²) in [5.41, 5.74) is 5.22. The molecule has 0 spiro atoms. The fourth-order valence-electron chi connectivity index (χ4n) is 3.48. The minimum atomic E-state index is -0.124. The first-order chi connectivity index (χ1) is 14.9. The topological polar surface area (TPSA) is 104 Å². The number of aryl methyl sites for hydroxylation is 4. The minimum absolute atomic E-state index is 0.124. The fourth-order valence-corrected chi connectivity index (χ4v) is 3.48. The van der Waals surface area contributed by atoms with Crippen LogP contribution in [0.25, 0.3) is 11.6 Å². The van der Waals surface area contributed by atoms with Crippen molar-refractivity contribution in [2.75, 3.05) is 5.32 Å². The average molecular weight is 419 g/mol. The van der Waals surface area contributed by atoms with Gasteiger partial charge in [0.05, 0.1) is 29.3 Å². The first kappa shape index (κ1) is 20.5. The number of rotatable bonds is 7. The van der Waals surface area contributed by atoms with Crippen LogP contribution in [0.3, 0.4) is 0 Å². The highest BCUT2D eigenvalue weighted by Gasteiger charge is 2.17. The predicted molar refractivity (Wildman–Crippen MR) is 115 cm³/mol. The standard InChI is InChI=1S/C22H25N7O2/c1-14-12-18(28(4)26-14)22-25-24-20(31-22)11-10-19(30)23-21-15(2)27-29(16(21)3)13-17-8-6-5-7-9-17/h5-9,12H,10-11,13H2,1-4H3,(H,23,30). The van der Waals surface area contributed by atoms with E-state index in [-0.39, 0.29) is 12.3 Å². The van der Waals surface area contributed by atoms with Crippen molar-refractivity contribution in [1.29, 1.82) is 0 Å². The zero-order chi connectivity index (χ0) is 22.0. The molecule has 31 heavy (non-hydrogen) atoms. The summed E-state index contributed by atoms with van der Waals surface area (Å²) in [6.07, 6.45) is 0.584. The number of nitrogens with zero attached hydrogens (tertiary/aromatic N) is 6. The van der Waals surface area contributed by atoms with E-state index in [9.17, 15) is 4.79 Å². The highest BCUT2D eigenvalue weighted by Crippen LogP contribution is 2.22. The Morgan fingerprint density at radius 1 is 1.10 bits per heavy atom. The molecule has 0 aliphatic rings. The lowest BCUT2D eigenvalue weighted by Gasteiger charge is -2.07. The van der Waals surface area contributed by atoms with Gasteiger partial charge in [0.1, 0.15) is 5.69 Å². The van der Waals surface area contributed by atoms with Crippen LogP contribution in [0.5, 0.6) is 0 Å². The van der Waals surface area contributed by atoms with Gasteiger partial charge in [-0.15, -0.1) is 10.2 Å². The molecule has 0 aliphatic heterocycles. The van der Waals surface area contributed by atoms with Gasteiger partial charge in [0.15, 0.2) is 0 Å². The molecule has 0 unspecified atom stereocenters. The van der Waals surface area contributed by atoms with E-state index >= 15 is 0 Å². The van der Waals surface area contributed by atoms with Crippen molar-refractivity contribution >= 4 is 11.6 Å². The van der Waals surface area contributed by atoms with Crippen LogP contribution < -0.4 is 5.32 Å². The smallest absolute Gasteiger partial charge is 0.265 e. The molecule has 0 aliphatic carbocycles.